The fourth-order valence-electron chi connectivity index (χ4n) is 2.68. The van der Waals surface area contributed by atoms with Gasteiger partial charge >= 0.3 is 6.03 Å². The molecule has 1 saturated heterocycles. The zero-order valence-corrected chi connectivity index (χ0v) is 13.5. The zero-order chi connectivity index (χ0) is 15.4. The van der Waals surface area contributed by atoms with E-state index in [9.17, 15) is 4.79 Å². The minimum atomic E-state index is -0.0211. The van der Waals surface area contributed by atoms with Gasteiger partial charge in [-0.25, -0.2) is 4.79 Å². The van der Waals surface area contributed by atoms with Crippen molar-refractivity contribution >= 4 is 11.7 Å². The minimum absolute atomic E-state index is 0.0211. The van der Waals surface area contributed by atoms with Crippen LogP contribution >= 0.6 is 0 Å². The molecule has 1 N–H and O–H groups in total. The van der Waals surface area contributed by atoms with Gasteiger partial charge in [0.25, 0.3) is 0 Å². The second-order valence-corrected chi connectivity index (χ2v) is 6.28. The largest absolute Gasteiger partial charge is 0.377 e. The quantitative estimate of drug-likeness (QED) is 0.924. The number of hydrogen-bond acceptors (Lipinski definition) is 2. The van der Waals surface area contributed by atoms with Crippen LogP contribution in [0.15, 0.2) is 18.2 Å². The van der Waals surface area contributed by atoms with Gasteiger partial charge in [0.05, 0.1) is 19.3 Å². The lowest BCUT2D eigenvalue weighted by Crippen LogP contribution is -2.50. The Morgan fingerprint density at radius 3 is 2.81 bits per heavy atom. The lowest BCUT2D eigenvalue weighted by molar-refractivity contribution is 0.00857. The summed E-state index contributed by atoms with van der Waals surface area (Å²) < 4.78 is 5.53. The van der Waals surface area contributed by atoms with Crippen molar-refractivity contribution in [2.45, 2.75) is 40.2 Å². The highest BCUT2D eigenvalue weighted by atomic mass is 16.5. The molecule has 0 saturated carbocycles. The molecule has 116 valence electrons. The first kappa shape index (κ1) is 15.8. The molecule has 2 rings (SSSR count). The van der Waals surface area contributed by atoms with Gasteiger partial charge in [0.15, 0.2) is 0 Å². The molecule has 1 aliphatic heterocycles. The third-order valence-electron chi connectivity index (χ3n) is 3.99. The van der Waals surface area contributed by atoms with Gasteiger partial charge in [-0.2, -0.15) is 0 Å². The van der Waals surface area contributed by atoms with Gasteiger partial charge in [-0.05, 0) is 49.4 Å². The number of hydrogen-bond donors (Lipinski definition) is 1. The molecule has 4 nitrogen and oxygen atoms in total. The van der Waals surface area contributed by atoms with Crippen molar-refractivity contribution in [1.82, 2.24) is 4.90 Å². The standard InChI is InChI=1S/C17H26N2O2/c1-12(2)9-16-11-21-8-7-19(16)17(20)18-15-6-5-13(3)14(4)10-15/h5-6,10,12,16H,7-9,11H2,1-4H3,(H,18,20). The lowest BCUT2D eigenvalue weighted by Gasteiger charge is -2.36. The third-order valence-corrected chi connectivity index (χ3v) is 3.99. The predicted molar refractivity (Wildman–Crippen MR) is 85.7 cm³/mol. The summed E-state index contributed by atoms with van der Waals surface area (Å²) in [6.07, 6.45) is 0.973. The van der Waals surface area contributed by atoms with Crippen LogP contribution in [0.4, 0.5) is 10.5 Å². The maximum Gasteiger partial charge on any atom is 0.322 e. The molecule has 0 aromatic heterocycles. The SMILES string of the molecule is Cc1ccc(NC(=O)N2CCOCC2CC(C)C)cc1C. The molecular formula is C17H26N2O2. The lowest BCUT2D eigenvalue weighted by atomic mass is 10.0. The second-order valence-electron chi connectivity index (χ2n) is 6.28. The van der Waals surface area contributed by atoms with E-state index in [1.165, 1.54) is 11.1 Å². The molecule has 1 atom stereocenters. The molecule has 0 bridgehead atoms. The van der Waals surface area contributed by atoms with Gasteiger partial charge in [0.2, 0.25) is 0 Å². The first-order valence-corrected chi connectivity index (χ1v) is 7.70. The van der Waals surface area contributed by atoms with Crippen molar-refractivity contribution in [3.8, 4) is 0 Å². The topological polar surface area (TPSA) is 41.6 Å². The summed E-state index contributed by atoms with van der Waals surface area (Å²) >= 11 is 0. The predicted octanol–water partition coefficient (Wildman–Crippen LogP) is 3.58. The smallest absolute Gasteiger partial charge is 0.322 e. The molecule has 1 aliphatic rings. The molecule has 21 heavy (non-hydrogen) atoms. The molecule has 1 fully saturated rings. The number of carbonyl (C=O) groups is 1. The number of nitrogens with one attached hydrogen (secondary N) is 1. The van der Waals surface area contributed by atoms with Gasteiger partial charge in [-0.1, -0.05) is 19.9 Å². The van der Waals surface area contributed by atoms with Gasteiger partial charge in [0, 0.05) is 12.2 Å². The molecule has 2 amide bonds. The highest BCUT2D eigenvalue weighted by molar-refractivity contribution is 5.89. The number of morpholine rings is 1. The fraction of sp³-hybridized carbons (Fsp3) is 0.588. The van der Waals surface area contributed by atoms with Crippen molar-refractivity contribution in [2.75, 3.05) is 25.1 Å². The molecule has 0 spiro atoms. The molecule has 1 unspecified atom stereocenters. The first-order chi connectivity index (χ1) is 9.97. The highest BCUT2D eigenvalue weighted by Gasteiger charge is 2.27. The summed E-state index contributed by atoms with van der Waals surface area (Å²) in [4.78, 5) is 14.4. The van der Waals surface area contributed by atoms with Crippen LogP contribution in [-0.4, -0.2) is 36.7 Å². The molecule has 1 heterocycles. The van der Waals surface area contributed by atoms with Crippen LogP contribution in [0.25, 0.3) is 0 Å². The number of anilines is 1. The minimum Gasteiger partial charge on any atom is -0.377 e. The summed E-state index contributed by atoms with van der Waals surface area (Å²) in [6, 6.07) is 6.16. The zero-order valence-electron chi connectivity index (χ0n) is 13.5. The van der Waals surface area contributed by atoms with Crippen molar-refractivity contribution in [3.63, 3.8) is 0 Å². The van der Waals surface area contributed by atoms with E-state index >= 15 is 0 Å². The number of benzene rings is 1. The Bertz CT molecular complexity index is 500. The Balaban J connectivity index is 2.04. The Hall–Kier alpha value is -1.55. The average Bonchev–Trinajstić information content (AvgIpc) is 2.43. The summed E-state index contributed by atoms with van der Waals surface area (Å²) in [5.74, 6) is 0.550. The van der Waals surface area contributed by atoms with Crippen molar-refractivity contribution in [3.05, 3.63) is 29.3 Å². The number of urea groups is 1. The Morgan fingerprint density at radius 2 is 2.14 bits per heavy atom. The molecule has 0 aliphatic carbocycles. The van der Waals surface area contributed by atoms with Gasteiger partial charge in [-0.3, -0.25) is 0 Å². The van der Waals surface area contributed by atoms with E-state index in [2.05, 4.69) is 33.0 Å². The number of ether oxygens (including phenoxy) is 1. The Morgan fingerprint density at radius 1 is 1.38 bits per heavy atom. The maximum atomic E-state index is 12.5. The van der Waals surface area contributed by atoms with Crippen LogP contribution < -0.4 is 5.32 Å². The van der Waals surface area contributed by atoms with E-state index in [0.29, 0.717) is 25.7 Å². The van der Waals surface area contributed by atoms with E-state index in [0.717, 1.165) is 12.1 Å². The molecular weight excluding hydrogens is 264 g/mol. The van der Waals surface area contributed by atoms with Crippen LogP contribution in [0.2, 0.25) is 0 Å². The number of nitrogens with zero attached hydrogens (tertiary/aromatic N) is 1. The number of carbonyl (C=O) groups excluding carboxylic acids is 1. The summed E-state index contributed by atoms with van der Waals surface area (Å²) in [5.41, 5.74) is 3.28. The molecule has 0 radical (unpaired) electrons. The monoisotopic (exact) mass is 290 g/mol. The third kappa shape index (κ3) is 4.21. The van der Waals surface area contributed by atoms with Gasteiger partial charge < -0.3 is 15.0 Å². The van der Waals surface area contributed by atoms with Crippen LogP contribution in [0.5, 0.6) is 0 Å². The van der Waals surface area contributed by atoms with Crippen molar-refractivity contribution in [1.29, 1.82) is 0 Å². The summed E-state index contributed by atoms with van der Waals surface area (Å²) in [5, 5.41) is 3.01. The van der Waals surface area contributed by atoms with Crippen LogP contribution in [0, 0.1) is 19.8 Å². The summed E-state index contributed by atoms with van der Waals surface area (Å²) in [6.45, 7) is 10.4. The highest BCUT2D eigenvalue weighted by Crippen LogP contribution is 2.19. The van der Waals surface area contributed by atoms with E-state index < -0.39 is 0 Å². The molecule has 1 aromatic carbocycles. The number of aryl methyl sites for hydroxylation is 2. The fourth-order valence-corrected chi connectivity index (χ4v) is 2.68. The summed E-state index contributed by atoms with van der Waals surface area (Å²) in [7, 11) is 0. The first-order valence-electron chi connectivity index (χ1n) is 7.70. The number of amides is 2. The Kier molecular flexibility index (Phi) is 5.23. The van der Waals surface area contributed by atoms with Crippen molar-refractivity contribution in [2.24, 2.45) is 5.92 Å². The van der Waals surface area contributed by atoms with Gasteiger partial charge in [-0.15, -0.1) is 0 Å². The van der Waals surface area contributed by atoms with Crippen LogP contribution in [-0.2, 0) is 4.74 Å². The normalized spacial score (nSPS) is 18.9. The van der Waals surface area contributed by atoms with Gasteiger partial charge in [0.1, 0.15) is 0 Å². The number of rotatable bonds is 3. The maximum absolute atomic E-state index is 12.5. The Labute approximate surface area is 127 Å². The average molecular weight is 290 g/mol. The van der Waals surface area contributed by atoms with E-state index in [-0.39, 0.29) is 12.1 Å². The second kappa shape index (κ2) is 6.94. The van der Waals surface area contributed by atoms with E-state index in [1.54, 1.807) is 0 Å². The van der Waals surface area contributed by atoms with E-state index in [4.69, 9.17) is 4.74 Å². The van der Waals surface area contributed by atoms with Crippen molar-refractivity contribution < 1.29 is 9.53 Å². The van der Waals surface area contributed by atoms with Crippen LogP contribution in [0.3, 0.4) is 0 Å². The molecule has 4 heteroatoms. The molecule has 1 aromatic rings. The van der Waals surface area contributed by atoms with E-state index in [1.807, 2.05) is 23.1 Å². The van der Waals surface area contributed by atoms with Crippen LogP contribution in [0.1, 0.15) is 31.4 Å².